The van der Waals surface area contributed by atoms with Crippen LogP contribution in [0, 0.1) is 11.8 Å². The van der Waals surface area contributed by atoms with E-state index in [4.69, 9.17) is 5.11 Å². The minimum atomic E-state index is -3.70. The van der Waals surface area contributed by atoms with Gasteiger partial charge in [-0.05, 0) is 43.1 Å². The third kappa shape index (κ3) is 4.42. The second kappa shape index (κ2) is 7.59. The van der Waals surface area contributed by atoms with E-state index < -0.39 is 16.0 Å². The van der Waals surface area contributed by atoms with Crippen LogP contribution >= 0.6 is 11.5 Å². The summed E-state index contributed by atoms with van der Waals surface area (Å²) in [6.07, 6.45) is 2.62. The average molecular weight is 381 g/mol. The zero-order valence-electron chi connectivity index (χ0n) is 13.5. The molecule has 7 nitrogen and oxygen atoms in total. The molecule has 2 N–H and O–H groups in total. The van der Waals surface area contributed by atoms with Crippen molar-refractivity contribution in [2.24, 2.45) is 11.8 Å². The summed E-state index contributed by atoms with van der Waals surface area (Å²) in [4.78, 5) is 15.1. The van der Waals surface area contributed by atoms with Crippen molar-refractivity contribution in [3.05, 3.63) is 30.3 Å². The van der Waals surface area contributed by atoms with E-state index in [0.717, 1.165) is 17.1 Å². The highest BCUT2D eigenvalue weighted by atomic mass is 32.2. The quantitative estimate of drug-likeness (QED) is 0.795. The lowest BCUT2D eigenvalue weighted by Gasteiger charge is -2.25. The van der Waals surface area contributed by atoms with E-state index in [1.165, 1.54) is 0 Å². The van der Waals surface area contributed by atoms with Crippen molar-refractivity contribution in [2.75, 3.05) is 6.54 Å². The van der Waals surface area contributed by atoms with Crippen LogP contribution in [-0.2, 0) is 14.8 Å². The molecule has 1 fully saturated rings. The summed E-state index contributed by atoms with van der Waals surface area (Å²) in [5.41, 5.74) is 0.771. The molecule has 3 rings (SSSR count). The molecule has 0 saturated heterocycles. The normalized spacial score (nSPS) is 21.1. The topological polar surface area (TPSA) is 109 Å². The van der Waals surface area contributed by atoms with Crippen molar-refractivity contribution in [1.82, 2.24) is 14.1 Å². The maximum Gasteiger partial charge on any atom is 0.306 e. The molecule has 0 amide bonds. The first-order valence-electron chi connectivity index (χ1n) is 8.07. The van der Waals surface area contributed by atoms with Gasteiger partial charge in [0, 0.05) is 12.1 Å². The number of carboxylic acid groups (broad SMARTS) is 1. The summed E-state index contributed by atoms with van der Waals surface area (Å²) in [6.45, 7) is 0.301. The molecule has 2 aromatic rings. The largest absolute Gasteiger partial charge is 0.481 e. The van der Waals surface area contributed by atoms with Gasteiger partial charge >= 0.3 is 5.97 Å². The second-order valence-electron chi connectivity index (χ2n) is 6.16. The number of carbonyl (C=O) groups is 1. The van der Waals surface area contributed by atoms with Crippen LogP contribution in [0.3, 0.4) is 0 Å². The first kappa shape index (κ1) is 18.0. The van der Waals surface area contributed by atoms with E-state index in [9.17, 15) is 13.2 Å². The maximum absolute atomic E-state index is 12.4. The number of hydrogen-bond donors (Lipinski definition) is 2. The molecule has 25 heavy (non-hydrogen) atoms. The molecule has 9 heteroatoms. The van der Waals surface area contributed by atoms with Gasteiger partial charge in [0.25, 0.3) is 10.0 Å². The predicted octanol–water partition coefficient (Wildman–Crippen LogP) is 2.37. The molecule has 1 aliphatic carbocycles. The SMILES string of the molecule is O=C(O)C1CCC(CNS(=O)(=O)c2nc(-c3ccccc3)ns2)CC1. The Labute approximate surface area is 150 Å². The van der Waals surface area contributed by atoms with E-state index in [0.29, 0.717) is 38.1 Å². The van der Waals surface area contributed by atoms with Crippen LogP contribution in [0.25, 0.3) is 11.4 Å². The Morgan fingerprint density at radius 1 is 1.20 bits per heavy atom. The van der Waals surface area contributed by atoms with Crippen molar-refractivity contribution >= 4 is 27.5 Å². The second-order valence-corrected chi connectivity index (χ2v) is 8.85. The van der Waals surface area contributed by atoms with Gasteiger partial charge in [-0.1, -0.05) is 30.3 Å². The first-order valence-corrected chi connectivity index (χ1v) is 10.3. The van der Waals surface area contributed by atoms with Gasteiger partial charge in [-0.15, -0.1) is 0 Å². The summed E-state index contributed by atoms with van der Waals surface area (Å²) < 4.78 is 31.4. The first-order chi connectivity index (χ1) is 12.0. The van der Waals surface area contributed by atoms with Crippen molar-refractivity contribution < 1.29 is 18.3 Å². The number of hydrogen-bond acceptors (Lipinski definition) is 6. The van der Waals surface area contributed by atoms with Gasteiger partial charge in [0.05, 0.1) is 5.92 Å². The van der Waals surface area contributed by atoms with Gasteiger partial charge < -0.3 is 5.11 Å². The molecule has 1 saturated carbocycles. The summed E-state index contributed by atoms with van der Waals surface area (Å²) in [5.74, 6) is -0.509. The van der Waals surface area contributed by atoms with E-state index in [1.54, 1.807) is 0 Å². The summed E-state index contributed by atoms with van der Waals surface area (Å²) in [7, 11) is -3.70. The van der Waals surface area contributed by atoms with Crippen LogP contribution in [0.15, 0.2) is 34.7 Å². The molecule has 0 atom stereocenters. The predicted molar refractivity (Wildman–Crippen MR) is 93.6 cm³/mol. The number of benzene rings is 1. The fourth-order valence-corrected chi connectivity index (χ4v) is 4.83. The molecule has 134 valence electrons. The summed E-state index contributed by atoms with van der Waals surface area (Å²) in [5, 5.41) is 9.00. The number of sulfonamides is 1. The Balaban J connectivity index is 1.60. The van der Waals surface area contributed by atoms with Crippen LogP contribution in [-0.4, -0.2) is 35.4 Å². The van der Waals surface area contributed by atoms with Gasteiger partial charge in [-0.25, -0.2) is 18.1 Å². The van der Waals surface area contributed by atoms with Crippen LogP contribution in [0.4, 0.5) is 0 Å². The molecule has 0 unspecified atom stereocenters. The van der Waals surface area contributed by atoms with E-state index in [-0.39, 0.29) is 16.2 Å². The lowest BCUT2D eigenvalue weighted by molar-refractivity contribution is -0.143. The number of aromatic nitrogens is 2. The van der Waals surface area contributed by atoms with Crippen LogP contribution < -0.4 is 4.72 Å². The van der Waals surface area contributed by atoms with Crippen LogP contribution in [0.5, 0.6) is 0 Å². The van der Waals surface area contributed by atoms with Crippen LogP contribution in [0.2, 0.25) is 0 Å². The van der Waals surface area contributed by atoms with Crippen molar-refractivity contribution in [3.63, 3.8) is 0 Å². The highest BCUT2D eigenvalue weighted by molar-refractivity contribution is 7.91. The molecule has 0 radical (unpaired) electrons. The van der Waals surface area contributed by atoms with E-state index in [2.05, 4.69) is 14.1 Å². The van der Waals surface area contributed by atoms with Gasteiger partial charge in [0.2, 0.25) is 4.34 Å². The minimum Gasteiger partial charge on any atom is -0.481 e. The molecule has 1 aromatic carbocycles. The number of aliphatic carboxylic acids is 1. The number of nitrogens with zero attached hydrogens (tertiary/aromatic N) is 2. The van der Waals surface area contributed by atoms with Crippen LogP contribution in [0.1, 0.15) is 25.7 Å². The Morgan fingerprint density at radius 3 is 2.52 bits per heavy atom. The Kier molecular flexibility index (Phi) is 5.45. The fourth-order valence-electron chi connectivity index (χ4n) is 2.93. The Hall–Kier alpha value is -1.84. The average Bonchev–Trinajstić information content (AvgIpc) is 3.12. The van der Waals surface area contributed by atoms with E-state index >= 15 is 0 Å². The lowest BCUT2D eigenvalue weighted by atomic mass is 9.82. The fraction of sp³-hybridized carbons (Fsp3) is 0.438. The van der Waals surface area contributed by atoms with Crippen molar-refractivity contribution in [3.8, 4) is 11.4 Å². The molecular formula is C16H19N3O4S2. The summed E-state index contributed by atoms with van der Waals surface area (Å²) in [6, 6.07) is 9.21. The third-order valence-corrected chi connectivity index (χ3v) is 6.92. The zero-order valence-corrected chi connectivity index (χ0v) is 15.1. The smallest absolute Gasteiger partial charge is 0.306 e. The lowest BCUT2D eigenvalue weighted by Crippen LogP contribution is -2.32. The van der Waals surface area contributed by atoms with Gasteiger partial charge in [0.15, 0.2) is 5.82 Å². The standard InChI is InChI=1S/C16H19N3O4S2/c20-15(21)13-8-6-11(7-9-13)10-17-25(22,23)16-18-14(19-24-16)12-4-2-1-3-5-12/h1-5,11,13,17H,6-10H2,(H,20,21). The maximum atomic E-state index is 12.4. The Morgan fingerprint density at radius 2 is 1.88 bits per heavy atom. The molecular weight excluding hydrogens is 362 g/mol. The highest BCUT2D eigenvalue weighted by Gasteiger charge is 2.28. The highest BCUT2D eigenvalue weighted by Crippen LogP contribution is 2.29. The third-order valence-electron chi connectivity index (χ3n) is 4.43. The zero-order chi connectivity index (χ0) is 17.9. The van der Waals surface area contributed by atoms with Crippen molar-refractivity contribution in [1.29, 1.82) is 0 Å². The monoisotopic (exact) mass is 381 g/mol. The van der Waals surface area contributed by atoms with E-state index in [1.807, 2.05) is 30.3 Å². The summed E-state index contributed by atoms with van der Waals surface area (Å²) >= 11 is 0.853. The molecule has 0 bridgehead atoms. The number of nitrogens with one attached hydrogen (secondary N) is 1. The van der Waals surface area contributed by atoms with Gasteiger partial charge in [-0.3, -0.25) is 4.79 Å². The molecule has 1 aliphatic rings. The van der Waals surface area contributed by atoms with Gasteiger partial charge in [0.1, 0.15) is 0 Å². The minimum absolute atomic E-state index is 0.0504. The molecule has 1 heterocycles. The number of carboxylic acids is 1. The number of rotatable bonds is 6. The Bertz CT molecular complexity index is 828. The van der Waals surface area contributed by atoms with Crippen molar-refractivity contribution in [2.45, 2.75) is 30.0 Å². The van der Waals surface area contributed by atoms with Gasteiger partial charge in [-0.2, -0.15) is 4.37 Å². The molecule has 1 aromatic heterocycles. The molecule has 0 aliphatic heterocycles. The molecule has 0 spiro atoms.